The molecular weight excluding hydrogens is 204 g/mol. The fraction of sp³-hybridized carbons (Fsp3) is 1.00. The quantitative estimate of drug-likeness (QED) is 0.795. The molecule has 2 rings (SSSR count). The van der Waals surface area contributed by atoms with Gasteiger partial charge in [-0.1, -0.05) is 13.8 Å². The Hall–Kier alpha value is 0.270. The molecule has 2 aliphatic heterocycles. The topological polar surface area (TPSA) is 15.3 Å². The maximum absolute atomic E-state index is 3.54. The summed E-state index contributed by atoms with van der Waals surface area (Å²) in [5, 5.41) is 4.41. The van der Waals surface area contributed by atoms with Crippen molar-refractivity contribution in [2.75, 3.05) is 25.4 Å². The number of piperidine rings is 1. The second kappa shape index (κ2) is 5.55. The largest absolute Gasteiger partial charge is 0.315 e. The van der Waals surface area contributed by atoms with Gasteiger partial charge in [-0.15, -0.1) is 0 Å². The lowest BCUT2D eigenvalue weighted by molar-refractivity contribution is 0.129. The first kappa shape index (κ1) is 11.7. The summed E-state index contributed by atoms with van der Waals surface area (Å²) in [7, 11) is 0. The predicted octanol–water partition coefficient (Wildman–Crippen LogP) is 1.95. The van der Waals surface area contributed by atoms with E-state index >= 15 is 0 Å². The van der Waals surface area contributed by atoms with Gasteiger partial charge in [0.2, 0.25) is 0 Å². The van der Waals surface area contributed by atoms with Crippen LogP contribution < -0.4 is 5.32 Å². The average Bonchev–Trinajstić information content (AvgIpc) is 2.68. The summed E-state index contributed by atoms with van der Waals surface area (Å²) in [4.78, 5) is 2.75. The van der Waals surface area contributed by atoms with E-state index < -0.39 is 0 Å². The first-order valence-electron chi connectivity index (χ1n) is 6.39. The number of hydrogen-bond donors (Lipinski definition) is 1. The number of thioether (sulfide) groups is 1. The molecule has 15 heavy (non-hydrogen) atoms. The van der Waals surface area contributed by atoms with Crippen molar-refractivity contribution in [3.63, 3.8) is 0 Å². The zero-order valence-corrected chi connectivity index (χ0v) is 10.9. The first-order chi connectivity index (χ1) is 7.31. The van der Waals surface area contributed by atoms with Crippen molar-refractivity contribution in [3.05, 3.63) is 0 Å². The lowest BCUT2D eigenvalue weighted by Gasteiger charge is -2.37. The molecule has 1 N–H and O–H groups in total. The molecule has 2 heterocycles. The minimum atomic E-state index is 0.805. The predicted molar refractivity (Wildman–Crippen MR) is 68.6 cm³/mol. The highest BCUT2D eigenvalue weighted by Gasteiger charge is 2.31. The molecule has 2 saturated heterocycles. The van der Waals surface area contributed by atoms with Gasteiger partial charge in [0.1, 0.15) is 0 Å². The number of nitrogens with one attached hydrogen (secondary N) is 1. The Morgan fingerprint density at radius 3 is 2.80 bits per heavy atom. The van der Waals surface area contributed by atoms with E-state index in [1.807, 2.05) is 0 Å². The molecule has 0 aromatic rings. The molecule has 2 aliphatic rings. The van der Waals surface area contributed by atoms with E-state index in [1.165, 1.54) is 44.6 Å². The van der Waals surface area contributed by atoms with E-state index in [0.29, 0.717) is 0 Å². The van der Waals surface area contributed by atoms with Crippen molar-refractivity contribution in [3.8, 4) is 0 Å². The molecule has 0 bridgehead atoms. The van der Waals surface area contributed by atoms with Crippen LogP contribution in [0.1, 0.15) is 33.1 Å². The number of hydrogen-bond acceptors (Lipinski definition) is 3. The molecule has 2 fully saturated rings. The highest BCUT2D eigenvalue weighted by molar-refractivity contribution is 8.00. The van der Waals surface area contributed by atoms with E-state index in [-0.39, 0.29) is 0 Å². The standard InChI is InChI=1S/C12H24N2S/c1-3-14(11-5-4-6-13-8-11)12-7-10(2)15-9-12/h10-13H,3-9H2,1-2H3. The third kappa shape index (κ3) is 2.89. The van der Waals surface area contributed by atoms with Gasteiger partial charge < -0.3 is 5.32 Å². The van der Waals surface area contributed by atoms with Crippen LogP contribution in [-0.2, 0) is 0 Å². The average molecular weight is 228 g/mol. The lowest BCUT2D eigenvalue weighted by atomic mass is 10.0. The van der Waals surface area contributed by atoms with E-state index in [9.17, 15) is 0 Å². The maximum atomic E-state index is 3.54. The highest BCUT2D eigenvalue weighted by Crippen LogP contribution is 2.31. The SMILES string of the molecule is CCN(C1CCCNC1)C1CSC(C)C1. The molecule has 88 valence electrons. The Balaban J connectivity index is 1.90. The van der Waals surface area contributed by atoms with Gasteiger partial charge in [-0.25, -0.2) is 0 Å². The zero-order valence-electron chi connectivity index (χ0n) is 10.0. The van der Waals surface area contributed by atoms with Crippen LogP contribution in [0.25, 0.3) is 0 Å². The highest BCUT2D eigenvalue weighted by atomic mass is 32.2. The second-order valence-electron chi connectivity index (χ2n) is 4.86. The van der Waals surface area contributed by atoms with Gasteiger partial charge in [-0.05, 0) is 32.4 Å². The minimum Gasteiger partial charge on any atom is -0.315 e. The monoisotopic (exact) mass is 228 g/mol. The molecule has 3 heteroatoms. The summed E-state index contributed by atoms with van der Waals surface area (Å²) >= 11 is 2.15. The summed E-state index contributed by atoms with van der Waals surface area (Å²) in [6.45, 7) is 8.36. The van der Waals surface area contributed by atoms with Crippen LogP contribution in [0.4, 0.5) is 0 Å². The summed E-state index contributed by atoms with van der Waals surface area (Å²) in [6, 6.07) is 1.65. The summed E-state index contributed by atoms with van der Waals surface area (Å²) in [5.41, 5.74) is 0. The molecule has 3 atom stereocenters. The molecule has 0 spiro atoms. The zero-order chi connectivity index (χ0) is 10.7. The minimum absolute atomic E-state index is 0.805. The van der Waals surface area contributed by atoms with Crippen LogP contribution in [0.5, 0.6) is 0 Å². The maximum Gasteiger partial charge on any atom is 0.0224 e. The van der Waals surface area contributed by atoms with E-state index in [4.69, 9.17) is 0 Å². The summed E-state index contributed by atoms with van der Waals surface area (Å²) in [6.07, 6.45) is 4.15. The van der Waals surface area contributed by atoms with Crippen molar-refractivity contribution >= 4 is 11.8 Å². The van der Waals surface area contributed by atoms with E-state index in [2.05, 4.69) is 35.8 Å². The lowest BCUT2D eigenvalue weighted by Crippen LogP contribution is -2.50. The van der Waals surface area contributed by atoms with Crippen molar-refractivity contribution < 1.29 is 0 Å². The Morgan fingerprint density at radius 1 is 1.40 bits per heavy atom. The van der Waals surface area contributed by atoms with Gasteiger partial charge in [0.25, 0.3) is 0 Å². The van der Waals surface area contributed by atoms with Gasteiger partial charge in [-0.2, -0.15) is 11.8 Å². The van der Waals surface area contributed by atoms with Crippen LogP contribution >= 0.6 is 11.8 Å². The molecule has 0 amide bonds. The molecule has 0 saturated carbocycles. The van der Waals surface area contributed by atoms with Crippen molar-refractivity contribution in [1.29, 1.82) is 0 Å². The Labute approximate surface area is 98.2 Å². The van der Waals surface area contributed by atoms with E-state index in [1.54, 1.807) is 0 Å². The van der Waals surface area contributed by atoms with Crippen LogP contribution in [0.3, 0.4) is 0 Å². The van der Waals surface area contributed by atoms with Crippen molar-refractivity contribution in [1.82, 2.24) is 10.2 Å². The second-order valence-corrected chi connectivity index (χ2v) is 6.34. The summed E-state index contributed by atoms with van der Waals surface area (Å²) in [5.74, 6) is 1.35. The molecule has 0 aliphatic carbocycles. The fourth-order valence-corrected chi connectivity index (χ4v) is 4.19. The van der Waals surface area contributed by atoms with Crippen LogP contribution in [0.2, 0.25) is 0 Å². The van der Waals surface area contributed by atoms with Gasteiger partial charge >= 0.3 is 0 Å². The van der Waals surface area contributed by atoms with Gasteiger partial charge in [0.15, 0.2) is 0 Å². The number of rotatable bonds is 3. The fourth-order valence-electron chi connectivity index (χ4n) is 2.96. The molecule has 0 aromatic heterocycles. The van der Waals surface area contributed by atoms with Crippen molar-refractivity contribution in [2.24, 2.45) is 0 Å². The molecule has 2 nitrogen and oxygen atoms in total. The van der Waals surface area contributed by atoms with Crippen LogP contribution in [0.15, 0.2) is 0 Å². The van der Waals surface area contributed by atoms with Crippen LogP contribution in [0, 0.1) is 0 Å². The molecule has 0 radical (unpaired) electrons. The third-order valence-electron chi connectivity index (χ3n) is 3.75. The Morgan fingerprint density at radius 2 is 2.27 bits per heavy atom. The number of nitrogens with zero attached hydrogens (tertiary/aromatic N) is 1. The smallest absolute Gasteiger partial charge is 0.0224 e. The van der Waals surface area contributed by atoms with Gasteiger partial charge in [0, 0.05) is 29.6 Å². The molecule has 0 aromatic carbocycles. The van der Waals surface area contributed by atoms with E-state index in [0.717, 1.165) is 17.3 Å². The van der Waals surface area contributed by atoms with Crippen LogP contribution in [-0.4, -0.2) is 47.6 Å². The molecular formula is C12H24N2S. The Kier molecular flexibility index (Phi) is 4.35. The normalized spacial score (nSPS) is 37.4. The van der Waals surface area contributed by atoms with Gasteiger partial charge in [-0.3, -0.25) is 4.90 Å². The first-order valence-corrected chi connectivity index (χ1v) is 7.44. The van der Waals surface area contributed by atoms with Gasteiger partial charge in [0.05, 0.1) is 0 Å². The molecule has 3 unspecified atom stereocenters. The summed E-state index contributed by atoms with van der Waals surface area (Å²) < 4.78 is 0. The van der Waals surface area contributed by atoms with Crippen molar-refractivity contribution in [2.45, 2.75) is 50.4 Å². The number of likely N-dealkylation sites (N-methyl/N-ethyl adjacent to an activating group) is 1. The third-order valence-corrected chi connectivity index (χ3v) is 5.09. The Bertz CT molecular complexity index is 187.